The van der Waals surface area contributed by atoms with Crippen LogP contribution in [0.4, 0.5) is 5.69 Å². The number of primary amides is 1. The SMILES string of the molecule is CCN1CCN(S(=O)(=O)c2ccc(Cl)c(C(=O)Nc3ccc(C(N)=O)cc3)c2)CC1. The molecule has 2 aromatic rings. The molecular formula is C20H23ClN4O4S. The largest absolute Gasteiger partial charge is 0.366 e. The summed E-state index contributed by atoms with van der Waals surface area (Å²) in [5.74, 6) is -1.13. The number of carbonyl (C=O) groups excluding carboxylic acids is 2. The first-order valence-corrected chi connectivity index (χ1v) is 11.3. The Morgan fingerprint density at radius 1 is 1.07 bits per heavy atom. The summed E-state index contributed by atoms with van der Waals surface area (Å²) in [6, 6.07) is 10.1. The number of sulfonamides is 1. The number of carbonyl (C=O) groups is 2. The van der Waals surface area contributed by atoms with Gasteiger partial charge in [-0.3, -0.25) is 9.59 Å². The van der Waals surface area contributed by atoms with Gasteiger partial charge in [0.15, 0.2) is 0 Å². The normalized spacial score (nSPS) is 15.7. The van der Waals surface area contributed by atoms with E-state index in [1.54, 1.807) is 0 Å². The molecule has 30 heavy (non-hydrogen) atoms. The molecule has 10 heteroatoms. The second-order valence-corrected chi connectivity index (χ2v) is 9.22. The van der Waals surface area contributed by atoms with Gasteiger partial charge in [0.1, 0.15) is 0 Å². The number of amides is 2. The fraction of sp³-hybridized carbons (Fsp3) is 0.300. The van der Waals surface area contributed by atoms with Crippen LogP contribution in [0.1, 0.15) is 27.6 Å². The van der Waals surface area contributed by atoms with Crippen molar-refractivity contribution in [2.75, 3.05) is 38.0 Å². The molecule has 2 amide bonds. The van der Waals surface area contributed by atoms with Gasteiger partial charge in [-0.25, -0.2) is 8.42 Å². The van der Waals surface area contributed by atoms with Gasteiger partial charge in [0.05, 0.1) is 15.5 Å². The van der Waals surface area contributed by atoms with Crippen LogP contribution in [0.15, 0.2) is 47.4 Å². The molecule has 0 aliphatic carbocycles. The Kier molecular flexibility index (Phi) is 6.77. The first-order valence-electron chi connectivity index (χ1n) is 9.45. The van der Waals surface area contributed by atoms with E-state index in [2.05, 4.69) is 10.2 Å². The molecular weight excluding hydrogens is 428 g/mol. The number of benzene rings is 2. The quantitative estimate of drug-likeness (QED) is 0.699. The van der Waals surface area contributed by atoms with Crippen LogP contribution in [0.25, 0.3) is 0 Å². The van der Waals surface area contributed by atoms with Crippen molar-refractivity contribution in [1.82, 2.24) is 9.21 Å². The number of anilines is 1. The number of piperazine rings is 1. The average molecular weight is 451 g/mol. The maximum Gasteiger partial charge on any atom is 0.257 e. The fourth-order valence-corrected chi connectivity index (χ4v) is 4.84. The Morgan fingerprint density at radius 2 is 1.70 bits per heavy atom. The molecule has 2 aromatic carbocycles. The van der Waals surface area contributed by atoms with Gasteiger partial charge in [0.2, 0.25) is 15.9 Å². The van der Waals surface area contributed by atoms with Gasteiger partial charge in [0.25, 0.3) is 5.91 Å². The number of likely N-dealkylation sites (N-methyl/N-ethyl adjacent to an activating group) is 1. The lowest BCUT2D eigenvalue weighted by Gasteiger charge is -2.33. The molecule has 0 saturated carbocycles. The topological polar surface area (TPSA) is 113 Å². The lowest BCUT2D eigenvalue weighted by molar-refractivity contribution is 0.0998. The Morgan fingerprint density at radius 3 is 2.27 bits per heavy atom. The van der Waals surface area contributed by atoms with E-state index >= 15 is 0 Å². The second-order valence-electron chi connectivity index (χ2n) is 6.88. The van der Waals surface area contributed by atoms with Crippen LogP contribution in [0.5, 0.6) is 0 Å². The van der Waals surface area contributed by atoms with E-state index in [0.717, 1.165) is 6.54 Å². The highest BCUT2D eigenvalue weighted by atomic mass is 35.5. The van der Waals surface area contributed by atoms with Crippen LogP contribution >= 0.6 is 11.6 Å². The van der Waals surface area contributed by atoms with E-state index in [-0.39, 0.29) is 15.5 Å². The first kappa shape index (κ1) is 22.2. The van der Waals surface area contributed by atoms with Gasteiger partial charge < -0.3 is 16.0 Å². The summed E-state index contributed by atoms with van der Waals surface area (Å²) >= 11 is 6.16. The average Bonchev–Trinajstić information content (AvgIpc) is 2.74. The van der Waals surface area contributed by atoms with Crippen molar-refractivity contribution in [3.05, 3.63) is 58.6 Å². The molecule has 8 nitrogen and oxygen atoms in total. The summed E-state index contributed by atoms with van der Waals surface area (Å²) < 4.78 is 27.5. The molecule has 1 aliphatic rings. The lowest BCUT2D eigenvalue weighted by Crippen LogP contribution is -2.48. The van der Waals surface area contributed by atoms with Gasteiger partial charge in [-0.1, -0.05) is 18.5 Å². The van der Waals surface area contributed by atoms with Crippen LogP contribution in [-0.4, -0.2) is 62.2 Å². The van der Waals surface area contributed by atoms with Crippen molar-refractivity contribution >= 4 is 39.1 Å². The van der Waals surface area contributed by atoms with Gasteiger partial charge in [-0.2, -0.15) is 4.31 Å². The Hall–Kier alpha value is -2.46. The van der Waals surface area contributed by atoms with E-state index in [4.69, 9.17) is 17.3 Å². The number of rotatable bonds is 6. The highest BCUT2D eigenvalue weighted by molar-refractivity contribution is 7.89. The van der Waals surface area contributed by atoms with Gasteiger partial charge in [-0.05, 0) is 49.0 Å². The summed E-state index contributed by atoms with van der Waals surface area (Å²) in [7, 11) is -3.74. The van der Waals surface area contributed by atoms with Gasteiger partial charge >= 0.3 is 0 Å². The van der Waals surface area contributed by atoms with Crippen LogP contribution < -0.4 is 11.1 Å². The number of halogens is 1. The number of nitrogens with two attached hydrogens (primary N) is 1. The molecule has 0 atom stereocenters. The smallest absolute Gasteiger partial charge is 0.257 e. The van der Waals surface area contributed by atoms with E-state index in [1.165, 1.54) is 46.8 Å². The summed E-state index contributed by atoms with van der Waals surface area (Å²) in [6.07, 6.45) is 0. The number of hydrogen-bond acceptors (Lipinski definition) is 5. The molecule has 1 aliphatic heterocycles. The highest BCUT2D eigenvalue weighted by Crippen LogP contribution is 2.25. The van der Waals surface area contributed by atoms with Gasteiger partial charge in [0, 0.05) is 37.4 Å². The minimum absolute atomic E-state index is 0.0195. The highest BCUT2D eigenvalue weighted by Gasteiger charge is 2.29. The molecule has 3 rings (SSSR count). The molecule has 0 aromatic heterocycles. The molecule has 3 N–H and O–H groups in total. The zero-order chi connectivity index (χ0) is 21.9. The maximum atomic E-state index is 13.0. The fourth-order valence-electron chi connectivity index (χ4n) is 3.19. The maximum absolute atomic E-state index is 13.0. The van der Waals surface area contributed by atoms with Crippen molar-refractivity contribution in [1.29, 1.82) is 0 Å². The predicted octanol–water partition coefficient (Wildman–Crippen LogP) is 2.02. The van der Waals surface area contributed by atoms with Gasteiger partial charge in [-0.15, -0.1) is 0 Å². The number of hydrogen-bond donors (Lipinski definition) is 2. The number of nitrogens with one attached hydrogen (secondary N) is 1. The Balaban J connectivity index is 1.80. The van der Waals surface area contributed by atoms with Crippen LogP contribution in [0.3, 0.4) is 0 Å². The van der Waals surface area contributed by atoms with Crippen LogP contribution in [0.2, 0.25) is 5.02 Å². The lowest BCUT2D eigenvalue weighted by atomic mass is 10.1. The Bertz CT molecular complexity index is 1050. The summed E-state index contributed by atoms with van der Waals surface area (Å²) in [6.45, 7) is 5.03. The molecule has 1 fully saturated rings. The molecule has 1 heterocycles. The minimum Gasteiger partial charge on any atom is -0.366 e. The zero-order valence-corrected chi connectivity index (χ0v) is 18.0. The third-order valence-corrected chi connectivity index (χ3v) is 7.25. The predicted molar refractivity (Wildman–Crippen MR) is 115 cm³/mol. The summed E-state index contributed by atoms with van der Waals surface area (Å²) in [5.41, 5.74) is 5.98. The van der Waals surface area contributed by atoms with Crippen molar-refractivity contribution < 1.29 is 18.0 Å². The van der Waals surface area contributed by atoms with Crippen molar-refractivity contribution in [2.24, 2.45) is 5.73 Å². The summed E-state index contributed by atoms with van der Waals surface area (Å²) in [5, 5.41) is 2.78. The standard InChI is InChI=1S/C20H23ClN4O4S/c1-2-24-9-11-25(12-10-24)30(28,29)16-7-8-18(21)17(13-16)20(27)23-15-5-3-14(4-6-15)19(22)26/h3-8,13H,2,9-12H2,1H3,(H2,22,26)(H,23,27). The van der Waals surface area contributed by atoms with Crippen molar-refractivity contribution in [2.45, 2.75) is 11.8 Å². The molecule has 0 radical (unpaired) electrons. The van der Waals surface area contributed by atoms with Crippen LogP contribution in [-0.2, 0) is 10.0 Å². The van der Waals surface area contributed by atoms with E-state index < -0.39 is 21.8 Å². The third-order valence-electron chi connectivity index (χ3n) is 5.03. The molecule has 0 bridgehead atoms. The van der Waals surface area contributed by atoms with E-state index in [0.29, 0.717) is 37.4 Å². The van der Waals surface area contributed by atoms with Crippen molar-refractivity contribution in [3.63, 3.8) is 0 Å². The van der Waals surface area contributed by atoms with E-state index in [9.17, 15) is 18.0 Å². The Labute approximate surface area is 180 Å². The second kappa shape index (κ2) is 9.13. The molecule has 0 unspecified atom stereocenters. The number of nitrogens with zero attached hydrogens (tertiary/aromatic N) is 2. The monoisotopic (exact) mass is 450 g/mol. The van der Waals surface area contributed by atoms with Crippen LogP contribution in [0, 0.1) is 0 Å². The molecule has 160 valence electrons. The summed E-state index contributed by atoms with van der Waals surface area (Å²) in [4.78, 5) is 26.0. The van der Waals surface area contributed by atoms with E-state index in [1.807, 2.05) is 6.92 Å². The minimum atomic E-state index is -3.74. The molecule has 1 saturated heterocycles. The zero-order valence-electron chi connectivity index (χ0n) is 16.5. The first-order chi connectivity index (χ1) is 14.2. The van der Waals surface area contributed by atoms with Crippen molar-refractivity contribution in [3.8, 4) is 0 Å². The third kappa shape index (κ3) is 4.81. The molecule has 0 spiro atoms.